The summed E-state index contributed by atoms with van der Waals surface area (Å²) in [4.78, 5) is 4.19. The molecule has 0 fully saturated rings. The summed E-state index contributed by atoms with van der Waals surface area (Å²) in [5.74, 6) is 1.07. The van der Waals surface area contributed by atoms with Crippen LogP contribution in [-0.2, 0) is 0 Å². The van der Waals surface area contributed by atoms with Crippen LogP contribution in [0.1, 0.15) is 20.3 Å². The van der Waals surface area contributed by atoms with Crippen molar-refractivity contribution < 1.29 is 0 Å². The molecule has 4 nitrogen and oxygen atoms in total. The molecule has 3 N–H and O–H groups in total. The SMILES string of the molecule is C=CCC(C)C1=NNC(C)(N)C=N1. The number of rotatable bonds is 3. The van der Waals surface area contributed by atoms with Gasteiger partial charge in [0.2, 0.25) is 0 Å². The van der Waals surface area contributed by atoms with E-state index in [0.717, 1.165) is 12.3 Å². The lowest BCUT2D eigenvalue weighted by Gasteiger charge is -2.24. The normalized spacial score (nSPS) is 29.0. The zero-order chi connectivity index (χ0) is 9.90. The van der Waals surface area contributed by atoms with Crippen LogP contribution in [0.5, 0.6) is 0 Å². The average Bonchev–Trinajstić information content (AvgIpc) is 2.04. The van der Waals surface area contributed by atoms with Crippen LogP contribution in [-0.4, -0.2) is 17.7 Å². The monoisotopic (exact) mass is 180 g/mol. The van der Waals surface area contributed by atoms with Gasteiger partial charge in [-0.3, -0.25) is 5.43 Å². The highest BCUT2D eigenvalue weighted by Gasteiger charge is 2.20. The molecule has 72 valence electrons. The van der Waals surface area contributed by atoms with E-state index in [4.69, 9.17) is 5.73 Å². The van der Waals surface area contributed by atoms with Crippen LogP contribution in [0.4, 0.5) is 0 Å². The van der Waals surface area contributed by atoms with E-state index in [0.29, 0.717) is 0 Å². The molecule has 0 amide bonds. The fourth-order valence-corrected chi connectivity index (χ4v) is 1.03. The Morgan fingerprint density at radius 1 is 1.85 bits per heavy atom. The minimum Gasteiger partial charge on any atom is -0.303 e. The molecule has 0 saturated carbocycles. The minimum atomic E-state index is -0.614. The third-order valence-electron chi connectivity index (χ3n) is 1.84. The van der Waals surface area contributed by atoms with Gasteiger partial charge in [-0.05, 0) is 13.3 Å². The molecular formula is C9H16N4. The van der Waals surface area contributed by atoms with Crippen molar-refractivity contribution in [3.63, 3.8) is 0 Å². The van der Waals surface area contributed by atoms with Crippen LogP contribution >= 0.6 is 0 Å². The molecule has 1 heterocycles. The smallest absolute Gasteiger partial charge is 0.151 e. The van der Waals surface area contributed by atoms with Crippen LogP contribution in [0.2, 0.25) is 0 Å². The predicted octanol–water partition coefficient (Wildman–Crippen LogP) is 0.861. The summed E-state index contributed by atoms with van der Waals surface area (Å²) in [6.45, 7) is 7.54. The maximum atomic E-state index is 5.73. The maximum Gasteiger partial charge on any atom is 0.151 e. The average molecular weight is 180 g/mol. The quantitative estimate of drug-likeness (QED) is 0.633. The van der Waals surface area contributed by atoms with E-state index >= 15 is 0 Å². The summed E-state index contributed by atoms with van der Waals surface area (Å²) >= 11 is 0. The zero-order valence-electron chi connectivity index (χ0n) is 8.12. The maximum absolute atomic E-state index is 5.73. The van der Waals surface area contributed by atoms with Gasteiger partial charge in [0.05, 0.1) is 0 Å². The molecule has 0 radical (unpaired) electrons. The zero-order valence-corrected chi connectivity index (χ0v) is 8.12. The summed E-state index contributed by atoms with van der Waals surface area (Å²) in [5, 5.41) is 4.10. The number of aliphatic imine (C=N–C) groups is 1. The molecule has 0 bridgehead atoms. The van der Waals surface area contributed by atoms with Crippen molar-refractivity contribution in [3.05, 3.63) is 12.7 Å². The molecule has 0 aromatic carbocycles. The van der Waals surface area contributed by atoms with Crippen molar-refractivity contribution in [2.45, 2.75) is 25.9 Å². The first-order valence-electron chi connectivity index (χ1n) is 4.35. The standard InChI is InChI=1S/C9H16N4/c1-4-5-7(2)8-11-6-9(3,10)13-12-8/h4,6-7,13H,1,5,10H2,2-3H3. The molecule has 1 rings (SSSR count). The van der Waals surface area contributed by atoms with Gasteiger partial charge < -0.3 is 5.73 Å². The molecule has 2 atom stereocenters. The summed E-state index contributed by atoms with van der Waals surface area (Å²) in [7, 11) is 0. The van der Waals surface area contributed by atoms with Gasteiger partial charge in [-0.15, -0.1) is 6.58 Å². The van der Waals surface area contributed by atoms with Gasteiger partial charge in [0, 0.05) is 12.1 Å². The number of hydrazone groups is 1. The Bertz CT molecular complexity index is 252. The molecule has 0 saturated heterocycles. The third kappa shape index (κ3) is 2.66. The van der Waals surface area contributed by atoms with Crippen molar-refractivity contribution in [1.82, 2.24) is 5.43 Å². The second-order valence-corrected chi connectivity index (χ2v) is 3.55. The number of nitrogens with zero attached hydrogens (tertiary/aromatic N) is 2. The Hall–Kier alpha value is -1.16. The van der Waals surface area contributed by atoms with Crippen molar-refractivity contribution in [2.75, 3.05) is 0 Å². The Morgan fingerprint density at radius 2 is 2.54 bits per heavy atom. The van der Waals surface area contributed by atoms with E-state index in [1.807, 2.05) is 13.0 Å². The summed E-state index contributed by atoms with van der Waals surface area (Å²) < 4.78 is 0. The van der Waals surface area contributed by atoms with Crippen LogP contribution in [0.25, 0.3) is 0 Å². The first-order chi connectivity index (χ1) is 6.05. The number of amidine groups is 1. The lowest BCUT2D eigenvalue weighted by atomic mass is 10.1. The third-order valence-corrected chi connectivity index (χ3v) is 1.84. The van der Waals surface area contributed by atoms with Crippen LogP contribution in [0, 0.1) is 5.92 Å². The molecule has 2 unspecified atom stereocenters. The second kappa shape index (κ2) is 3.70. The van der Waals surface area contributed by atoms with Crippen LogP contribution < -0.4 is 11.2 Å². The van der Waals surface area contributed by atoms with Crippen molar-refractivity contribution in [2.24, 2.45) is 21.7 Å². The molecule has 0 spiro atoms. The first kappa shape index (κ1) is 9.92. The lowest BCUT2D eigenvalue weighted by Crippen LogP contribution is -2.52. The van der Waals surface area contributed by atoms with E-state index in [-0.39, 0.29) is 5.92 Å². The summed E-state index contributed by atoms with van der Waals surface area (Å²) in [5.41, 5.74) is 7.94. The minimum absolute atomic E-state index is 0.289. The molecule has 1 aliphatic heterocycles. The van der Waals surface area contributed by atoms with Gasteiger partial charge in [0.15, 0.2) is 5.84 Å². The fraction of sp³-hybridized carbons (Fsp3) is 0.556. The summed E-state index contributed by atoms with van der Waals surface area (Å²) in [6, 6.07) is 0. The lowest BCUT2D eigenvalue weighted by molar-refractivity contribution is 0.499. The fourth-order valence-electron chi connectivity index (χ4n) is 1.03. The molecule has 0 aromatic heterocycles. The number of allylic oxidation sites excluding steroid dienone is 1. The van der Waals surface area contributed by atoms with E-state index in [1.54, 1.807) is 6.21 Å². The van der Waals surface area contributed by atoms with Crippen molar-refractivity contribution in [1.29, 1.82) is 0 Å². The highest BCUT2D eigenvalue weighted by Crippen LogP contribution is 2.09. The molecule has 0 aromatic rings. The molecule has 4 heteroatoms. The van der Waals surface area contributed by atoms with E-state index in [9.17, 15) is 0 Å². The largest absolute Gasteiger partial charge is 0.303 e. The highest BCUT2D eigenvalue weighted by molar-refractivity contribution is 5.94. The van der Waals surface area contributed by atoms with Crippen molar-refractivity contribution >= 4 is 12.1 Å². The Morgan fingerprint density at radius 3 is 3.00 bits per heavy atom. The van der Waals surface area contributed by atoms with Gasteiger partial charge in [-0.25, -0.2) is 4.99 Å². The molecular weight excluding hydrogens is 164 g/mol. The number of nitrogens with two attached hydrogens (primary N) is 1. The first-order valence-corrected chi connectivity index (χ1v) is 4.35. The topological polar surface area (TPSA) is 62.8 Å². The van der Waals surface area contributed by atoms with Gasteiger partial charge in [0.25, 0.3) is 0 Å². The summed E-state index contributed by atoms with van der Waals surface area (Å²) in [6.07, 6.45) is 4.41. The van der Waals surface area contributed by atoms with E-state index < -0.39 is 5.66 Å². The highest BCUT2D eigenvalue weighted by atomic mass is 15.4. The molecule has 0 aliphatic carbocycles. The van der Waals surface area contributed by atoms with E-state index in [2.05, 4.69) is 29.0 Å². The molecule has 1 aliphatic rings. The van der Waals surface area contributed by atoms with Crippen LogP contribution in [0.15, 0.2) is 22.7 Å². The molecule has 13 heavy (non-hydrogen) atoms. The number of nitrogens with one attached hydrogen (secondary N) is 1. The number of hydrogen-bond donors (Lipinski definition) is 2. The van der Waals surface area contributed by atoms with Gasteiger partial charge in [-0.1, -0.05) is 13.0 Å². The van der Waals surface area contributed by atoms with E-state index in [1.165, 1.54) is 0 Å². The Labute approximate surface area is 78.6 Å². The van der Waals surface area contributed by atoms with Crippen LogP contribution in [0.3, 0.4) is 0 Å². The second-order valence-electron chi connectivity index (χ2n) is 3.55. The Kier molecular flexibility index (Phi) is 2.83. The van der Waals surface area contributed by atoms with Gasteiger partial charge in [0.1, 0.15) is 5.66 Å². The Balaban J connectivity index is 2.61. The predicted molar refractivity (Wildman–Crippen MR) is 55.6 cm³/mol. The number of hydrogen-bond acceptors (Lipinski definition) is 4. The van der Waals surface area contributed by atoms with Gasteiger partial charge in [-0.2, -0.15) is 5.10 Å². The van der Waals surface area contributed by atoms with Crippen molar-refractivity contribution in [3.8, 4) is 0 Å². The van der Waals surface area contributed by atoms with Gasteiger partial charge >= 0.3 is 0 Å².